The minimum atomic E-state index is -4.72. The zero-order chi connectivity index (χ0) is 41.4. The lowest BCUT2D eigenvalue weighted by Gasteiger charge is -2.20. The van der Waals surface area contributed by atoms with Crippen molar-refractivity contribution in [2.75, 3.05) is 19.8 Å². The van der Waals surface area contributed by atoms with Gasteiger partial charge < -0.3 is 25.2 Å². The summed E-state index contributed by atoms with van der Waals surface area (Å²) < 4.78 is 32.7. The van der Waals surface area contributed by atoms with Crippen molar-refractivity contribution in [3.05, 3.63) is 36.5 Å². The zero-order valence-corrected chi connectivity index (χ0v) is 36.1. The molecule has 326 valence electrons. The number of allylic oxidation sites excluding steroid dienone is 6. The Balaban J connectivity index is 4.39. The topological polar surface area (TPSA) is 172 Å². The molecule has 0 aliphatic heterocycles. The van der Waals surface area contributed by atoms with Crippen molar-refractivity contribution in [2.45, 2.75) is 206 Å². The highest BCUT2D eigenvalue weighted by Gasteiger charge is 2.28. The van der Waals surface area contributed by atoms with E-state index in [0.29, 0.717) is 12.8 Å². The van der Waals surface area contributed by atoms with Crippen LogP contribution in [0, 0.1) is 0 Å². The number of hydrogen-bond acceptors (Lipinski definition) is 9. The number of hydrogen-bond donors (Lipinski definition) is 3. The van der Waals surface area contributed by atoms with E-state index in [0.717, 1.165) is 51.4 Å². The summed E-state index contributed by atoms with van der Waals surface area (Å²) in [6.45, 7) is 2.75. The molecule has 56 heavy (non-hydrogen) atoms. The molecular weight excluding hydrogens is 733 g/mol. The van der Waals surface area contributed by atoms with E-state index in [2.05, 4.69) is 54.8 Å². The highest BCUT2D eigenvalue weighted by atomic mass is 31.2. The van der Waals surface area contributed by atoms with Gasteiger partial charge in [-0.05, 0) is 51.4 Å². The number of phosphoric ester groups is 1. The van der Waals surface area contributed by atoms with Crippen molar-refractivity contribution < 1.29 is 47.5 Å². The Kier molecular flexibility index (Phi) is 37.9. The number of nitrogens with two attached hydrogens (primary N) is 1. The van der Waals surface area contributed by atoms with Gasteiger partial charge in [-0.15, -0.1) is 0 Å². The van der Waals surface area contributed by atoms with Crippen molar-refractivity contribution in [3.8, 4) is 0 Å². The minimum Gasteiger partial charge on any atom is -0.480 e. The Morgan fingerprint density at radius 3 is 1.45 bits per heavy atom. The third-order valence-electron chi connectivity index (χ3n) is 9.39. The average molecular weight is 814 g/mol. The van der Waals surface area contributed by atoms with Gasteiger partial charge in [0, 0.05) is 12.8 Å². The van der Waals surface area contributed by atoms with Gasteiger partial charge in [0.15, 0.2) is 6.10 Å². The second-order valence-corrected chi connectivity index (χ2v) is 16.3. The predicted octanol–water partition coefficient (Wildman–Crippen LogP) is 11.6. The van der Waals surface area contributed by atoms with Crippen LogP contribution in [0.25, 0.3) is 0 Å². The summed E-state index contributed by atoms with van der Waals surface area (Å²) in [6, 6.07) is -1.53. The molecule has 0 amide bonds. The minimum absolute atomic E-state index is 0.114. The number of ether oxygens (including phenoxy) is 2. The molecule has 0 aromatic rings. The molecule has 11 nitrogen and oxygen atoms in total. The maximum Gasteiger partial charge on any atom is 0.472 e. The highest BCUT2D eigenvalue weighted by molar-refractivity contribution is 7.47. The van der Waals surface area contributed by atoms with Gasteiger partial charge in [-0.25, -0.2) is 4.57 Å². The number of carbonyl (C=O) groups excluding carboxylic acids is 2. The molecule has 0 radical (unpaired) electrons. The van der Waals surface area contributed by atoms with Gasteiger partial charge in [-0.1, -0.05) is 166 Å². The summed E-state index contributed by atoms with van der Waals surface area (Å²) in [5.41, 5.74) is 5.33. The standard InChI is InChI=1S/C44H80NO10P/c1-3-5-7-9-11-13-15-17-19-20-22-23-25-27-29-31-33-35-42(46)52-37-40(38-53-56(50,51)54-39-41(45)44(48)49)55-43(47)36-34-32-30-28-26-24-21-18-16-14-12-10-8-6-4-2/h12,14,18,21,26,28,40-41H,3-11,13,15-17,19-20,22-25,27,29-39,45H2,1-2H3,(H,48,49)(H,50,51)/b14-12+,21-18+,28-26+/t40-,41+/m1/s1. The summed E-state index contributed by atoms with van der Waals surface area (Å²) in [6.07, 6.45) is 42.1. The van der Waals surface area contributed by atoms with Gasteiger partial charge in [-0.2, -0.15) is 0 Å². The Morgan fingerprint density at radius 2 is 0.946 bits per heavy atom. The van der Waals surface area contributed by atoms with E-state index in [1.807, 2.05) is 0 Å². The monoisotopic (exact) mass is 814 g/mol. The summed E-state index contributed by atoms with van der Waals surface area (Å²) in [4.78, 5) is 45.9. The van der Waals surface area contributed by atoms with E-state index in [-0.39, 0.29) is 19.4 Å². The predicted molar refractivity (Wildman–Crippen MR) is 226 cm³/mol. The first kappa shape index (κ1) is 53.7. The van der Waals surface area contributed by atoms with Crippen LogP contribution in [-0.4, -0.2) is 59.9 Å². The first-order chi connectivity index (χ1) is 27.1. The summed E-state index contributed by atoms with van der Waals surface area (Å²) >= 11 is 0. The molecule has 0 aliphatic carbocycles. The van der Waals surface area contributed by atoms with Crippen LogP contribution in [0.4, 0.5) is 0 Å². The maximum absolute atomic E-state index is 12.6. The lowest BCUT2D eigenvalue weighted by Crippen LogP contribution is -2.34. The molecular formula is C44H80NO10P. The molecule has 0 fully saturated rings. The normalized spacial score (nSPS) is 14.1. The molecule has 0 heterocycles. The van der Waals surface area contributed by atoms with Crippen molar-refractivity contribution in [3.63, 3.8) is 0 Å². The summed E-state index contributed by atoms with van der Waals surface area (Å²) in [5.74, 6) is -2.42. The third-order valence-corrected chi connectivity index (χ3v) is 10.3. The van der Waals surface area contributed by atoms with Crippen LogP contribution < -0.4 is 5.73 Å². The van der Waals surface area contributed by atoms with Crippen LogP contribution in [-0.2, 0) is 37.5 Å². The fourth-order valence-corrected chi connectivity index (χ4v) is 6.67. The lowest BCUT2D eigenvalue weighted by atomic mass is 10.0. The molecule has 3 atom stereocenters. The van der Waals surface area contributed by atoms with Crippen molar-refractivity contribution in [2.24, 2.45) is 5.73 Å². The van der Waals surface area contributed by atoms with E-state index >= 15 is 0 Å². The van der Waals surface area contributed by atoms with Gasteiger partial charge in [0.1, 0.15) is 12.6 Å². The Bertz CT molecular complexity index is 1100. The number of aliphatic carboxylic acids is 1. The molecule has 0 aromatic heterocycles. The Hall–Kier alpha value is -2.30. The maximum atomic E-state index is 12.6. The molecule has 4 N–H and O–H groups in total. The number of esters is 2. The van der Waals surface area contributed by atoms with Gasteiger partial charge in [-0.3, -0.25) is 23.4 Å². The average Bonchev–Trinajstić information content (AvgIpc) is 3.17. The molecule has 0 saturated heterocycles. The van der Waals surface area contributed by atoms with Crippen LogP contribution in [0.5, 0.6) is 0 Å². The van der Waals surface area contributed by atoms with E-state index in [1.54, 1.807) is 0 Å². The van der Waals surface area contributed by atoms with E-state index in [4.69, 9.17) is 24.8 Å². The fraction of sp³-hybridized carbons (Fsp3) is 0.795. The van der Waals surface area contributed by atoms with Crippen LogP contribution in [0.2, 0.25) is 0 Å². The number of phosphoric acid groups is 1. The van der Waals surface area contributed by atoms with E-state index in [1.165, 1.54) is 103 Å². The number of rotatable bonds is 41. The van der Waals surface area contributed by atoms with Crippen LogP contribution in [0.15, 0.2) is 36.5 Å². The molecule has 0 saturated carbocycles. The second kappa shape index (κ2) is 39.5. The van der Waals surface area contributed by atoms with E-state index in [9.17, 15) is 23.8 Å². The molecule has 0 aliphatic rings. The summed E-state index contributed by atoms with van der Waals surface area (Å²) in [7, 11) is -4.72. The number of unbranched alkanes of at least 4 members (excludes halogenated alkanes) is 21. The number of carbonyl (C=O) groups is 3. The zero-order valence-electron chi connectivity index (χ0n) is 35.2. The third kappa shape index (κ3) is 38.6. The highest BCUT2D eigenvalue weighted by Crippen LogP contribution is 2.43. The SMILES string of the molecule is CCCCC/C=C/C/C=C/C/C=C/CCCCC(=O)O[C@H](COC(=O)CCCCCCCCCCCCCCCCCCC)COP(=O)(O)OC[C@H](N)C(=O)O. The Morgan fingerprint density at radius 1 is 0.554 bits per heavy atom. The molecule has 0 bridgehead atoms. The van der Waals surface area contributed by atoms with Crippen LogP contribution in [0.3, 0.4) is 0 Å². The molecule has 0 aromatic carbocycles. The number of carboxylic acids is 1. The molecule has 12 heteroatoms. The molecule has 0 rings (SSSR count). The van der Waals surface area contributed by atoms with Gasteiger partial charge in [0.25, 0.3) is 0 Å². The van der Waals surface area contributed by atoms with Crippen molar-refractivity contribution in [1.29, 1.82) is 0 Å². The first-order valence-electron chi connectivity index (χ1n) is 22.0. The molecule has 0 spiro atoms. The van der Waals surface area contributed by atoms with Crippen LogP contribution >= 0.6 is 7.82 Å². The van der Waals surface area contributed by atoms with Crippen molar-refractivity contribution >= 4 is 25.7 Å². The smallest absolute Gasteiger partial charge is 0.472 e. The van der Waals surface area contributed by atoms with Gasteiger partial charge in [0.05, 0.1) is 13.2 Å². The number of carboxylic acid groups (broad SMARTS) is 1. The second-order valence-electron chi connectivity index (χ2n) is 14.8. The van der Waals surface area contributed by atoms with Gasteiger partial charge in [0.2, 0.25) is 0 Å². The van der Waals surface area contributed by atoms with Gasteiger partial charge >= 0.3 is 25.7 Å². The fourth-order valence-electron chi connectivity index (χ4n) is 5.90. The van der Waals surface area contributed by atoms with Crippen molar-refractivity contribution in [1.82, 2.24) is 0 Å². The lowest BCUT2D eigenvalue weighted by molar-refractivity contribution is -0.161. The largest absolute Gasteiger partial charge is 0.480 e. The first-order valence-corrected chi connectivity index (χ1v) is 23.5. The van der Waals surface area contributed by atoms with E-state index < -0.39 is 51.1 Å². The Labute approximate surface area is 340 Å². The summed E-state index contributed by atoms with van der Waals surface area (Å²) in [5, 5.41) is 8.88. The van der Waals surface area contributed by atoms with Crippen LogP contribution in [0.1, 0.15) is 194 Å². The quantitative estimate of drug-likeness (QED) is 0.0232. The molecule has 1 unspecified atom stereocenters.